The molecule has 8 nitrogen and oxygen atoms in total. The highest BCUT2D eigenvalue weighted by Gasteiger charge is 2.30. The molecule has 1 aromatic carbocycles. The Labute approximate surface area is 154 Å². The van der Waals surface area contributed by atoms with Crippen LogP contribution in [-0.2, 0) is 19.6 Å². The predicted octanol–water partition coefficient (Wildman–Crippen LogP) is 1.04. The molecule has 26 heavy (non-hydrogen) atoms. The maximum atomic E-state index is 12.6. The Balaban J connectivity index is 1.84. The zero-order valence-corrected chi connectivity index (χ0v) is 16.1. The number of amides is 2. The van der Waals surface area contributed by atoms with E-state index in [1.807, 2.05) is 0 Å². The van der Waals surface area contributed by atoms with Crippen LogP contribution in [0.15, 0.2) is 35.2 Å². The number of piperazine rings is 1. The summed E-state index contributed by atoms with van der Waals surface area (Å²) in [6.45, 7) is 6.02. The molecule has 0 aliphatic carbocycles. The van der Waals surface area contributed by atoms with Gasteiger partial charge in [-0.15, -0.1) is 0 Å². The number of nitrogens with one attached hydrogen (secondary N) is 1. The molecule has 0 saturated carbocycles. The van der Waals surface area contributed by atoms with Crippen LogP contribution in [-0.4, -0.2) is 67.9 Å². The van der Waals surface area contributed by atoms with Gasteiger partial charge in [-0.3, -0.25) is 4.79 Å². The van der Waals surface area contributed by atoms with E-state index < -0.39 is 21.7 Å². The molecule has 0 bridgehead atoms. The van der Waals surface area contributed by atoms with Gasteiger partial charge in [0.25, 0.3) is 0 Å². The SMILES string of the molecule is CC(C)(C)OC(=O)NCC(=O)N1CCN(S(=O)(=O)c2ccccc2)CC1. The van der Waals surface area contributed by atoms with Crippen LogP contribution in [0.4, 0.5) is 4.79 Å². The number of sulfonamides is 1. The van der Waals surface area contributed by atoms with E-state index in [4.69, 9.17) is 4.74 Å². The molecule has 0 spiro atoms. The molecule has 1 heterocycles. The highest BCUT2D eigenvalue weighted by atomic mass is 32.2. The highest BCUT2D eigenvalue weighted by molar-refractivity contribution is 7.89. The number of nitrogens with zero attached hydrogens (tertiary/aromatic N) is 2. The van der Waals surface area contributed by atoms with Crippen molar-refractivity contribution in [3.05, 3.63) is 30.3 Å². The molecule has 2 amide bonds. The second-order valence-electron chi connectivity index (χ2n) is 6.95. The summed E-state index contributed by atoms with van der Waals surface area (Å²) in [6, 6.07) is 8.21. The number of alkyl carbamates (subject to hydrolysis) is 1. The van der Waals surface area contributed by atoms with Crippen LogP contribution in [0.5, 0.6) is 0 Å². The molecule has 1 aliphatic rings. The Hall–Kier alpha value is -2.13. The summed E-state index contributed by atoms with van der Waals surface area (Å²) in [5, 5.41) is 2.42. The molecule has 1 saturated heterocycles. The number of rotatable bonds is 4. The smallest absolute Gasteiger partial charge is 0.408 e. The van der Waals surface area contributed by atoms with Gasteiger partial charge in [-0.2, -0.15) is 4.31 Å². The first-order valence-corrected chi connectivity index (χ1v) is 9.83. The summed E-state index contributed by atoms with van der Waals surface area (Å²) >= 11 is 0. The van der Waals surface area contributed by atoms with Crippen molar-refractivity contribution in [2.75, 3.05) is 32.7 Å². The largest absolute Gasteiger partial charge is 0.444 e. The van der Waals surface area contributed by atoms with E-state index in [-0.39, 0.29) is 43.5 Å². The summed E-state index contributed by atoms with van der Waals surface area (Å²) in [4.78, 5) is 25.6. The van der Waals surface area contributed by atoms with Crippen LogP contribution >= 0.6 is 0 Å². The van der Waals surface area contributed by atoms with Crippen LogP contribution < -0.4 is 5.32 Å². The molecular formula is C17H25N3O5S. The molecule has 2 rings (SSSR count). The molecule has 1 N–H and O–H groups in total. The minimum atomic E-state index is -3.55. The fourth-order valence-electron chi connectivity index (χ4n) is 2.49. The summed E-state index contributed by atoms with van der Waals surface area (Å²) in [5.41, 5.74) is -0.634. The van der Waals surface area contributed by atoms with Crippen molar-refractivity contribution in [2.45, 2.75) is 31.3 Å². The number of benzene rings is 1. The summed E-state index contributed by atoms with van der Waals surface area (Å²) in [5.74, 6) is -0.271. The maximum absolute atomic E-state index is 12.6. The van der Waals surface area contributed by atoms with Gasteiger partial charge in [0.05, 0.1) is 4.90 Å². The van der Waals surface area contributed by atoms with Gasteiger partial charge in [-0.05, 0) is 32.9 Å². The number of carbonyl (C=O) groups is 2. The average Bonchev–Trinajstić information content (AvgIpc) is 2.59. The van der Waals surface area contributed by atoms with Crippen LogP contribution in [0.2, 0.25) is 0 Å². The fourth-order valence-corrected chi connectivity index (χ4v) is 3.94. The van der Waals surface area contributed by atoms with Crippen molar-refractivity contribution < 1.29 is 22.7 Å². The quantitative estimate of drug-likeness (QED) is 0.838. The third-order valence-electron chi connectivity index (χ3n) is 3.76. The standard InChI is InChI=1S/C17H25N3O5S/c1-17(2,3)25-16(22)18-13-15(21)19-9-11-20(12-10-19)26(23,24)14-7-5-4-6-8-14/h4-8H,9-13H2,1-3H3,(H,18,22). The predicted molar refractivity (Wildman–Crippen MR) is 96.0 cm³/mol. The lowest BCUT2D eigenvalue weighted by molar-refractivity contribution is -0.131. The van der Waals surface area contributed by atoms with Gasteiger partial charge in [0, 0.05) is 26.2 Å². The van der Waals surface area contributed by atoms with Gasteiger partial charge in [-0.1, -0.05) is 18.2 Å². The number of hydrogen-bond acceptors (Lipinski definition) is 5. The van der Waals surface area contributed by atoms with Crippen molar-refractivity contribution in [3.8, 4) is 0 Å². The van der Waals surface area contributed by atoms with Crippen molar-refractivity contribution in [1.29, 1.82) is 0 Å². The Morgan fingerprint density at radius 3 is 2.19 bits per heavy atom. The lowest BCUT2D eigenvalue weighted by atomic mass is 10.2. The fraction of sp³-hybridized carbons (Fsp3) is 0.529. The summed E-state index contributed by atoms with van der Waals surface area (Å²) < 4.78 is 31.6. The van der Waals surface area contributed by atoms with Crippen molar-refractivity contribution >= 4 is 22.0 Å². The van der Waals surface area contributed by atoms with Crippen LogP contribution in [0.1, 0.15) is 20.8 Å². The van der Waals surface area contributed by atoms with E-state index in [1.165, 1.54) is 9.21 Å². The molecular weight excluding hydrogens is 358 g/mol. The van der Waals surface area contributed by atoms with Gasteiger partial charge in [0.1, 0.15) is 12.1 Å². The molecule has 144 valence electrons. The van der Waals surface area contributed by atoms with Crippen LogP contribution in [0.25, 0.3) is 0 Å². The van der Waals surface area contributed by atoms with Gasteiger partial charge in [-0.25, -0.2) is 13.2 Å². The second-order valence-corrected chi connectivity index (χ2v) is 8.89. The van der Waals surface area contributed by atoms with Gasteiger partial charge in [0.15, 0.2) is 0 Å². The first-order chi connectivity index (χ1) is 12.1. The number of hydrogen-bond donors (Lipinski definition) is 1. The van der Waals surface area contributed by atoms with E-state index in [0.717, 1.165) is 0 Å². The van der Waals surface area contributed by atoms with Crippen molar-refractivity contribution in [2.24, 2.45) is 0 Å². The van der Waals surface area contributed by atoms with Crippen LogP contribution in [0.3, 0.4) is 0 Å². The van der Waals surface area contributed by atoms with Crippen molar-refractivity contribution in [1.82, 2.24) is 14.5 Å². The molecule has 0 aromatic heterocycles. The Kier molecular flexibility index (Phi) is 6.25. The van der Waals surface area contributed by atoms with E-state index in [9.17, 15) is 18.0 Å². The minimum absolute atomic E-state index is 0.180. The molecule has 0 radical (unpaired) electrons. The van der Waals surface area contributed by atoms with Gasteiger partial charge in [0.2, 0.25) is 15.9 Å². The molecule has 0 unspecified atom stereocenters. The Morgan fingerprint density at radius 1 is 1.08 bits per heavy atom. The normalized spacial score (nSPS) is 16.2. The van der Waals surface area contributed by atoms with Gasteiger partial charge < -0.3 is 15.0 Å². The first-order valence-electron chi connectivity index (χ1n) is 8.39. The Morgan fingerprint density at radius 2 is 1.65 bits per heavy atom. The Bertz CT molecular complexity index is 735. The van der Waals surface area contributed by atoms with Crippen molar-refractivity contribution in [3.63, 3.8) is 0 Å². The van der Waals surface area contributed by atoms with E-state index in [2.05, 4.69) is 5.32 Å². The topological polar surface area (TPSA) is 96.0 Å². The summed E-state index contributed by atoms with van der Waals surface area (Å²) in [7, 11) is -3.55. The maximum Gasteiger partial charge on any atom is 0.408 e. The first kappa shape index (κ1) is 20.2. The van der Waals surface area contributed by atoms with Gasteiger partial charge >= 0.3 is 6.09 Å². The molecule has 9 heteroatoms. The lowest BCUT2D eigenvalue weighted by Crippen LogP contribution is -2.52. The minimum Gasteiger partial charge on any atom is -0.444 e. The zero-order valence-electron chi connectivity index (χ0n) is 15.3. The molecule has 1 aromatic rings. The lowest BCUT2D eigenvalue weighted by Gasteiger charge is -2.34. The monoisotopic (exact) mass is 383 g/mol. The zero-order chi connectivity index (χ0) is 19.4. The van der Waals surface area contributed by atoms with E-state index in [0.29, 0.717) is 0 Å². The third kappa shape index (κ3) is 5.43. The molecule has 1 fully saturated rings. The van der Waals surface area contributed by atoms with E-state index in [1.54, 1.807) is 51.1 Å². The molecule has 1 aliphatic heterocycles. The highest BCUT2D eigenvalue weighted by Crippen LogP contribution is 2.17. The number of ether oxygens (including phenoxy) is 1. The third-order valence-corrected chi connectivity index (χ3v) is 5.67. The average molecular weight is 383 g/mol. The molecule has 0 atom stereocenters. The summed E-state index contributed by atoms with van der Waals surface area (Å²) in [6.07, 6.45) is -0.656. The van der Waals surface area contributed by atoms with E-state index >= 15 is 0 Å². The number of carbonyl (C=O) groups excluding carboxylic acids is 2. The van der Waals surface area contributed by atoms with Crippen LogP contribution in [0, 0.1) is 0 Å². The second kappa shape index (κ2) is 8.05.